The molecule has 5 rings (SSSR count). The minimum atomic E-state index is -0.737. The summed E-state index contributed by atoms with van der Waals surface area (Å²) >= 11 is 1.07. The fraction of sp³-hybridized carbons (Fsp3) is 0.238. The number of nitrogens with zero attached hydrogens (tertiary/aromatic N) is 3. The Morgan fingerprint density at radius 3 is 2.79 bits per heavy atom. The molecule has 1 atom stereocenters. The Kier molecular flexibility index (Phi) is 5.50. The first-order valence-electron chi connectivity index (χ1n) is 10.0. The van der Waals surface area contributed by atoms with E-state index in [1.165, 1.54) is 4.90 Å². The van der Waals surface area contributed by atoms with Crippen LogP contribution in [0.25, 0.3) is 0 Å². The second-order valence-corrected chi connectivity index (χ2v) is 8.38. The molecule has 1 fully saturated rings. The predicted molar refractivity (Wildman–Crippen MR) is 114 cm³/mol. The number of carbonyl (C=O) groups is 2. The first-order valence-corrected chi connectivity index (χ1v) is 10.9. The molecule has 2 aromatic carbocycles. The molecule has 3 aromatic rings. The molecule has 0 unspecified atom stereocenters. The molecule has 0 radical (unpaired) electrons. The molecular formula is C21H17F2N5O4S. The van der Waals surface area contributed by atoms with Gasteiger partial charge in [-0.15, -0.1) is 10.2 Å². The standard InChI is InChI=1S/C21H17F2N5O4S/c22-11-3-5-13(23)14(8-11)25-21(30)28-7-1-2-15(28)19-26-27-20(33-19)18(29)24-12-4-6-16-17(9-12)32-10-31-16/h3-6,8-9,15H,1-2,7,10H2,(H,24,29)(H,25,30)/t15-/m1/s1. The van der Waals surface area contributed by atoms with Crippen LogP contribution in [0.2, 0.25) is 0 Å². The van der Waals surface area contributed by atoms with E-state index in [1.807, 2.05) is 0 Å². The molecule has 170 valence electrons. The van der Waals surface area contributed by atoms with Gasteiger partial charge in [-0.05, 0) is 37.1 Å². The summed E-state index contributed by atoms with van der Waals surface area (Å²) in [7, 11) is 0. The summed E-state index contributed by atoms with van der Waals surface area (Å²) in [6, 6.07) is 6.86. The first-order chi connectivity index (χ1) is 16.0. The maximum Gasteiger partial charge on any atom is 0.322 e. The number of hydrogen-bond donors (Lipinski definition) is 2. The Balaban J connectivity index is 1.27. The largest absolute Gasteiger partial charge is 0.454 e. The fourth-order valence-electron chi connectivity index (χ4n) is 3.67. The van der Waals surface area contributed by atoms with E-state index < -0.39 is 29.6 Å². The van der Waals surface area contributed by atoms with Crippen LogP contribution in [0.3, 0.4) is 0 Å². The SMILES string of the molecule is O=C(Nc1ccc2c(c1)OCO2)c1nnc([C@H]2CCCN2C(=O)Nc2cc(F)ccc2F)s1. The lowest BCUT2D eigenvalue weighted by molar-refractivity contribution is 0.102. The molecular weight excluding hydrogens is 456 g/mol. The fourth-order valence-corrected chi connectivity index (χ4v) is 4.55. The summed E-state index contributed by atoms with van der Waals surface area (Å²) in [5, 5.41) is 13.8. The molecule has 1 aromatic heterocycles. The van der Waals surface area contributed by atoms with Crippen molar-refractivity contribution in [2.45, 2.75) is 18.9 Å². The molecule has 2 N–H and O–H groups in total. The van der Waals surface area contributed by atoms with Gasteiger partial charge in [-0.25, -0.2) is 13.6 Å². The van der Waals surface area contributed by atoms with Crippen molar-refractivity contribution in [3.63, 3.8) is 0 Å². The van der Waals surface area contributed by atoms with Gasteiger partial charge in [0.05, 0.1) is 11.7 Å². The second kappa shape index (κ2) is 8.62. The lowest BCUT2D eigenvalue weighted by Crippen LogP contribution is -2.34. The van der Waals surface area contributed by atoms with Crippen molar-refractivity contribution >= 4 is 34.6 Å². The second-order valence-electron chi connectivity index (χ2n) is 7.37. The Morgan fingerprint density at radius 2 is 1.91 bits per heavy atom. The Labute approximate surface area is 190 Å². The van der Waals surface area contributed by atoms with E-state index in [0.717, 1.165) is 29.5 Å². The van der Waals surface area contributed by atoms with Gasteiger partial charge in [0.2, 0.25) is 11.8 Å². The predicted octanol–water partition coefficient (Wildman–Crippen LogP) is 4.17. The van der Waals surface area contributed by atoms with E-state index in [9.17, 15) is 18.4 Å². The molecule has 3 amide bonds. The average Bonchev–Trinajstić information content (AvgIpc) is 3.55. The summed E-state index contributed by atoms with van der Waals surface area (Å²) in [6.07, 6.45) is 1.31. The number of amides is 3. The van der Waals surface area contributed by atoms with Crippen molar-refractivity contribution < 1.29 is 27.8 Å². The van der Waals surface area contributed by atoms with Gasteiger partial charge >= 0.3 is 6.03 Å². The van der Waals surface area contributed by atoms with E-state index in [0.29, 0.717) is 41.6 Å². The summed E-state index contributed by atoms with van der Waals surface area (Å²) in [4.78, 5) is 26.8. The number of hydrogen-bond acceptors (Lipinski definition) is 7. The number of aromatic nitrogens is 2. The third-order valence-corrected chi connectivity index (χ3v) is 6.26. The zero-order valence-electron chi connectivity index (χ0n) is 17.0. The molecule has 12 heteroatoms. The zero-order valence-corrected chi connectivity index (χ0v) is 17.8. The Morgan fingerprint density at radius 1 is 1.06 bits per heavy atom. The number of ether oxygens (including phenoxy) is 2. The highest BCUT2D eigenvalue weighted by Crippen LogP contribution is 2.36. The highest BCUT2D eigenvalue weighted by Gasteiger charge is 2.33. The van der Waals surface area contributed by atoms with Gasteiger partial charge in [0, 0.05) is 24.4 Å². The number of carbonyl (C=O) groups excluding carboxylic acids is 2. The third kappa shape index (κ3) is 4.29. The molecule has 2 aliphatic heterocycles. The molecule has 3 heterocycles. The average molecular weight is 473 g/mol. The zero-order chi connectivity index (χ0) is 22.9. The number of urea groups is 1. The van der Waals surface area contributed by atoms with E-state index in [4.69, 9.17) is 9.47 Å². The van der Waals surface area contributed by atoms with Crippen molar-refractivity contribution in [1.82, 2.24) is 15.1 Å². The molecule has 1 saturated heterocycles. The lowest BCUT2D eigenvalue weighted by Gasteiger charge is -2.23. The topological polar surface area (TPSA) is 106 Å². The van der Waals surface area contributed by atoms with Gasteiger partial charge < -0.3 is 25.0 Å². The molecule has 0 aliphatic carbocycles. The van der Waals surface area contributed by atoms with Crippen molar-refractivity contribution in [2.24, 2.45) is 0 Å². The van der Waals surface area contributed by atoms with Crippen LogP contribution in [-0.2, 0) is 0 Å². The lowest BCUT2D eigenvalue weighted by atomic mass is 10.2. The number of rotatable bonds is 4. The maximum atomic E-state index is 13.9. The molecule has 0 saturated carbocycles. The number of benzene rings is 2. The van der Waals surface area contributed by atoms with Crippen molar-refractivity contribution in [3.8, 4) is 11.5 Å². The number of likely N-dealkylation sites (tertiary alicyclic amines) is 1. The van der Waals surface area contributed by atoms with Gasteiger partial charge in [-0.3, -0.25) is 4.79 Å². The molecule has 33 heavy (non-hydrogen) atoms. The van der Waals surface area contributed by atoms with Crippen LogP contribution in [-0.4, -0.2) is 40.4 Å². The molecule has 0 bridgehead atoms. The number of fused-ring (bicyclic) bond motifs is 1. The van der Waals surface area contributed by atoms with Crippen LogP contribution in [0.5, 0.6) is 11.5 Å². The van der Waals surface area contributed by atoms with Crippen molar-refractivity contribution in [1.29, 1.82) is 0 Å². The number of halogens is 2. The summed E-state index contributed by atoms with van der Waals surface area (Å²) < 4.78 is 37.9. The van der Waals surface area contributed by atoms with Gasteiger partial charge in [0.25, 0.3) is 5.91 Å². The van der Waals surface area contributed by atoms with Gasteiger partial charge in [-0.1, -0.05) is 11.3 Å². The van der Waals surface area contributed by atoms with Crippen molar-refractivity contribution in [3.05, 3.63) is 58.0 Å². The minimum Gasteiger partial charge on any atom is -0.454 e. The van der Waals surface area contributed by atoms with Crippen LogP contribution in [0.15, 0.2) is 36.4 Å². The Hall–Kier alpha value is -3.80. The van der Waals surface area contributed by atoms with E-state index in [2.05, 4.69) is 20.8 Å². The summed E-state index contributed by atoms with van der Waals surface area (Å²) in [5.74, 6) is -0.712. The highest BCUT2D eigenvalue weighted by atomic mass is 32.1. The first kappa shape index (κ1) is 21.1. The quantitative estimate of drug-likeness (QED) is 0.589. The van der Waals surface area contributed by atoms with Crippen LogP contribution in [0.1, 0.15) is 33.7 Å². The smallest absolute Gasteiger partial charge is 0.322 e. The Bertz CT molecular complexity index is 1240. The summed E-state index contributed by atoms with van der Waals surface area (Å²) in [5.41, 5.74) is 0.270. The monoisotopic (exact) mass is 473 g/mol. The van der Waals surface area contributed by atoms with E-state index in [1.54, 1.807) is 18.2 Å². The normalized spacial score (nSPS) is 16.7. The van der Waals surface area contributed by atoms with Gasteiger partial charge in [-0.2, -0.15) is 0 Å². The van der Waals surface area contributed by atoms with E-state index >= 15 is 0 Å². The minimum absolute atomic E-state index is 0.129. The molecule has 9 nitrogen and oxygen atoms in total. The van der Waals surface area contributed by atoms with Crippen molar-refractivity contribution in [2.75, 3.05) is 24.0 Å². The van der Waals surface area contributed by atoms with Gasteiger partial charge in [0.1, 0.15) is 16.6 Å². The third-order valence-electron chi connectivity index (χ3n) is 5.23. The maximum absolute atomic E-state index is 13.9. The molecule has 2 aliphatic rings. The van der Waals surface area contributed by atoms with E-state index in [-0.39, 0.29) is 17.5 Å². The van der Waals surface area contributed by atoms with Crippen LogP contribution in [0.4, 0.5) is 25.0 Å². The van der Waals surface area contributed by atoms with Crippen LogP contribution < -0.4 is 20.1 Å². The number of anilines is 2. The van der Waals surface area contributed by atoms with Crippen LogP contribution >= 0.6 is 11.3 Å². The molecule has 0 spiro atoms. The summed E-state index contributed by atoms with van der Waals surface area (Å²) in [6.45, 7) is 0.537. The highest BCUT2D eigenvalue weighted by molar-refractivity contribution is 7.13. The van der Waals surface area contributed by atoms with Gasteiger partial charge in [0.15, 0.2) is 11.5 Å². The number of nitrogens with one attached hydrogen (secondary N) is 2. The van der Waals surface area contributed by atoms with Crippen LogP contribution in [0, 0.1) is 11.6 Å².